The highest BCUT2D eigenvalue weighted by atomic mass is 35.5. The van der Waals surface area contributed by atoms with E-state index in [1.807, 2.05) is 0 Å². The van der Waals surface area contributed by atoms with Crippen molar-refractivity contribution in [3.63, 3.8) is 0 Å². The van der Waals surface area contributed by atoms with Crippen molar-refractivity contribution in [2.75, 3.05) is 27.2 Å². The molecule has 1 aromatic rings. The van der Waals surface area contributed by atoms with Crippen LogP contribution in [0.25, 0.3) is 0 Å². The average Bonchev–Trinajstić information content (AvgIpc) is 2.47. The van der Waals surface area contributed by atoms with E-state index >= 15 is 0 Å². The Morgan fingerprint density at radius 3 is 2.71 bits per heavy atom. The van der Waals surface area contributed by atoms with Gasteiger partial charge in [0.2, 0.25) is 0 Å². The Bertz CT molecular complexity index is 519. The van der Waals surface area contributed by atoms with Crippen molar-refractivity contribution >= 4 is 23.5 Å². The van der Waals surface area contributed by atoms with E-state index in [-0.39, 0.29) is 11.9 Å². The first kappa shape index (κ1) is 17.1. The third-order valence-corrected chi connectivity index (χ3v) is 3.11. The van der Waals surface area contributed by atoms with Gasteiger partial charge in [-0.15, -0.1) is 0 Å². The lowest BCUT2D eigenvalue weighted by molar-refractivity contribution is 0.217. The number of hydrogen-bond donors (Lipinski definition) is 4. The maximum Gasteiger partial charge on any atom is 0.316 e. The highest BCUT2D eigenvalue weighted by molar-refractivity contribution is 6.31. The average molecular weight is 314 g/mol. The second-order valence-electron chi connectivity index (χ2n) is 4.59. The van der Waals surface area contributed by atoms with Gasteiger partial charge in [-0.1, -0.05) is 28.9 Å². The number of nitrogens with one attached hydrogen (secondary N) is 2. The zero-order valence-corrected chi connectivity index (χ0v) is 12.8. The third kappa shape index (κ3) is 5.49. The van der Waals surface area contributed by atoms with Crippen molar-refractivity contribution < 1.29 is 10.0 Å². The molecule has 0 fully saturated rings. The van der Waals surface area contributed by atoms with E-state index in [0.717, 1.165) is 5.56 Å². The first-order valence-electron chi connectivity index (χ1n) is 6.38. The van der Waals surface area contributed by atoms with E-state index in [4.69, 9.17) is 22.5 Å². The van der Waals surface area contributed by atoms with Gasteiger partial charge in [-0.3, -0.25) is 0 Å². The molecule has 0 bridgehead atoms. The molecule has 0 heterocycles. The fourth-order valence-electron chi connectivity index (χ4n) is 1.55. The van der Waals surface area contributed by atoms with Crippen LogP contribution in [0.2, 0.25) is 5.02 Å². The van der Waals surface area contributed by atoms with E-state index in [0.29, 0.717) is 30.2 Å². The number of carbonyl (C=O) groups excluding carboxylic acids is 1. The van der Waals surface area contributed by atoms with Crippen LogP contribution in [0, 0.1) is 0 Å². The quantitative estimate of drug-likeness (QED) is 0.205. The molecule has 0 aliphatic carbocycles. The standard InChI is InChI=1S/C13H20ClN5O2/c1-19(2)13(20)17-6-5-16-8-10-4-3-9(7-11(10)14)12(15)18-21/h3-4,7,16,21H,5-6,8H2,1-2H3,(H2,15,18)(H,17,20). The Balaban J connectivity index is 2.41. The van der Waals surface area contributed by atoms with E-state index in [2.05, 4.69) is 15.8 Å². The lowest BCUT2D eigenvalue weighted by atomic mass is 10.1. The maximum atomic E-state index is 11.3. The van der Waals surface area contributed by atoms with Crippen molar-refractivity contribution in [1.29, 1.82) is 0 Å². The number of rotatable bonds is 6. The Kier molecular flexibility index (Phi) is 6.77. The summed E-state index contributed by atoms with van der Waals surface area (Å²) in [4.78, 5) is 12.8. The number of carbonyl (C=O) groups is 1. The summed E-state index contributed by atoms with van der Waals surface area (Å²) in [6, 6.07) is 5.05. The van der Waals surface area contributed by atoms with Gasteiger partial charge in [0.25, 0.3) is 0 Å². The van der Waals surface area contributed by atoms with Crippen molar-refractivity contribution in [3.05, 3.63) is 34.3 Å². The van der Waals surface area contributed by atoms with Crippen LogP contribution in [0.5, 0.6) is 0 Å². The van der Waals surface area contributed by atoms with Gasteiger partial charge in [0.15, 0.2) is 5.84 Å². The molecule has 5 N–H and O–H groups in total. The molecule has 1 aromatic carbocycles. The van der Waals surface area contributed by atoms with E-state index in [1.165, 1.54) is 4.90 Å². The van der Waals surface area contributed by atoms with Gasteiger partial charge in [-0.25, -0.2) is 4.79 Å². The first-order chi connectivity index (χ1) is 9.95. The Labute approximate surface area is 128 Å². The number of nitrogens with zero attached hydrogens (tertiary/aromatic N) is 2. The SMILES string of the molecule is CN(C)C(=O)NCCNCc1ccc(/C(N)=N/O)cc1Cl. The lowest BCUT2D eigenvalue weighted by Crippen LogP contribution is -2.38. The minimum Gasteiger partial charge on any atom is -0.409 e. The number of amides is 2. The molecule has 0 unspecified atom stereocenters. The van der Waals surface area contributed by atoms with E-state index in [9.17, 15) is 4.79 Å². The van der Waals surface area contributed by atoms with Gasteiger partial charge < -0.3 is 26.5 Å². The van der Waals surface area contributed by atoms with Crippen LogP contribution in [0.15, 0.2) is 23.4 Å². The summed E-state index contributed by atoms with van der Waals surface area (Å²) in [5.74, 6) is 0.0165. The van der Waals surface area contributed by atoms with Crippen LogP contribution in [0.4, 0.5) is 4.79 Å². The van der Waals surface area contributed by atoms with Crippen LogP contribution in [-0.4, -0.2) is 49.2 Å². The number of urea groups is 1. The third-order valence-electron chi connectivity index (χ3n) is 2.76. The molecule has 1 rings (SSSR count). The van der Waals surface area contributed by atoms with Gasteiger partial charge in [0, 0.05) is 44.3 Å². The van der Waals surface area contributed by atoms with Crippen molar-refractivity contribution in [2.24, 2.45) is 10.9 Å². The molecule has 0 atom stereocenters. The molecule has 7 nitrogen and oxygen atoms in total. The van der Waals surface area contributed by atoms with Gasteiger partial charge in [0.1, 0.15) is 0 Å². The number of oxime groups is 1. The minimum absolute atomic E-state index is 0.0165. The molecule has 116 valence electrons. The normalized spacial score (nSPS) is 11.3. The fraction of sp³-hybridized carbons (Fsp3) is 0.385. The van der Waals surface area contributed by atoms with Crippen molar-refractivity contribution in [3.8, 4) is 0 Å². The Morgan fingerprint density at radius 2 is 2.14 bits per heavy atom. The summed E-state index contributed by atoms with van der Waals surface area (Å²) in [5.41, 5.74) is 6.94. The molecule has 2 amide bonds. The lowest BCUT2D eigenvalue weighted by Gasteiger charge is -2.12. The summed E-state index contributed by atoms with van der Waals surface area (Å²) in [6.45, 7) is 1.71. The molecule has 0 aliphatic rings. The number of hydrogen-bond acceptors (Lipinski definition) is 4. The summed E-state index contributed by atoms with van der Waals surface area (Å²) in [5, 5.41) is 18.0. The van der Waals surface area contributed by atoms with E-state index < -0.39 is 0 Å². The summed E-state index contributed by atoms with van der Waals surface area (Å²) < 4.78 is 0. The summed E-state index contributed by atoms with van der Waals surface area (Å²) in [7, 11) is 3.37. The van der Waals surface area contributed by atoms with E-state index in [1.54, 1.807) is 32.3 Å². The van der Waals surface area contributed by atoms with Gasteiger partial charge >= 0.3 is 6.03 Å². The molecule has 8 heteroatoms. The molecule has 21 heavy (non-hydrogen) atoms. The Morgan fingerprint density at radius 1 is 1.43 bits per heavy atom. The first-order valence-corrected chi connectivity index (χ1v) is 6.75. The molecule has 0 saturated heterocycles. The zero-order valence-electron chi connectivity index (χ0n) is 12.1. The van der Waals surface area contributed by atoms with Crippen LogP contribution in [0.3, 0.4) is 0 Å². The second-order valence-corrected chi connectivity index (χ2v) is 5.00. The number of amidine groups is 1. The zero-order chi connectivity index (χ0) is 15.8. The van der Waals surface area contributed by atoms with Crippen LogP contribution in [0.1, 0.15) is 11.1 Å². The summed E-state index contributed by atoms with van der Waals surface area (Å²) >= 11 is 6.13. The predicted molar refractivity (Wildman–Crippen MR) is 82.8 cm³/mol. The van der Waals surface area contributed by atoms with Crippen LogP contribution < -0.4 is 16.4 Å². The summed E-state index contributed by atoms with van der Waals surface area (Å²) in [6.07, 6.45) is 0. The van der Waals surface area contributed by atoms with Crippen molar-refractivity contribution in [1.82, 2.24) is 15.5 Å². The Hall–Kier alpha value is -1.99. The number of halogens is 1. The molecule has 0 spiro atoms. The molecular formula is C13H20ClN5O2. The molecule has 0 radical (unpaired) electrons. The molecule has 0 aromatic heterocycles. The highest BCUT2D eigenvalue weighted by Crippen LogP contribution is 2.17. The van der Waals surface area contributed by atoms with Gasteiger partial charge in [0.05, 0.1) is 0 Å². The molecular weight excluding hydrogens is 294 g/mol. The monoisotopic (exact) mass is 313 g/mol. The smallest absolute Gasteiger partial charge is 0.316 e. The topological polar surface area (TPSA) is 103 Å². The second kappa shape index (κ2) is 8.33. The van der Waals surface area contributed by atoms with Gasteiger partial charge in [-0.05, 0) is 11.6 Å². The predicted octanol–water partition coefficient (Wildman–Crippen LogP) is 0.795. The highest BCUT2D eigenvalue weighted by Gasteiger charge is 2.05. The molecule has 0 aliphatic heterocycles. The fourth-order valence-corrected chi connectivity index (χ4v) is 1.79. The number of benzene rings is 1. The maximum absolute atomic E-state index is 11.3. The van der Waals surface area contributed by atoms with Crippen molar-refractivity contribution in [2.45, 2.75) is 6.54 Å². The largest absolute Gasteiger partial charge is 0.409 e. The number of nitrogens with two attached hydrogens (primary N) is 1. The van der Waals surface area contributed by atoms with Gasteiger partial charge in [-0.2, -0.15) is 0 Å². The van der Waals surface area contributed by atoms with Crippen LogP contribution >= 0.6 is 11.6 Å². The minimum atomic E-state index is -0.127. The van der Waals surface area contributed by atoms with Crippen LogP contribution in [-0.2, 0) is 6.54 Å². The molecule has 0 saturated carbocycles.